The van der Waals surface area contributed by atoms with Gasteiger partial charge in [-0.3, -0.25) is 4.90 Å². The first-order valence-electron chi connectivity index (χ1n) is 10.4. The smallest absolute Gasteiger partial charge is 0.115 e. The SMILES string of the molecule is Br.Oc1ccc2c(c1)[C@]13CCCC[C@@H]1[C@H](C2)N(CCc1ccccc1)CC3. The molecule has 3 heteroatoms. The van der Waals surface area contributed by atoms with Crippen LogP contribution in [0.25, 0.3) is 0 Å². The van der Waals surface area contributed by atoms with Crippen molar-refractivity contribution in [2.45, 2.75) is 56.4 Å². The predicted octanol–water partition coefficient (Wildman–Crippen LogP) is 5.27. The number of aromatic hydroxyl groups is 1. The maximum atomic E-state index is 10.1. The fraction of sp³-hybridized carbons (Fsp3) is 0.500. The van der Waals surface area contributed by atoms with Gasteiger partial charge in [0.2, 0.25) is 0 Å². The van der Waals surface area contributed by atoms with Gasteiger partial charge in [0.15, 0.2) is 0 Å². The lowest BCUT2D eigenvalue weighted by molar-refractivity contribution is -0.0106. The van der Waals surface area contributed by atoms with E-state index in [4.69, 9.17) is 0 Å². The zero-order chi connectivity index (χ0) is 17.6. The Balaban J connectivity index is 0.00000180. The molecule has 0 aromatic heterocycles. The Labute approximate surface area is 173 Å². The van der Waals surface area contributed by atoms with Crippen LogP contribution >= 0.6 is 17.0 Å². The number of phenolic OH excluding ortho intramolecular Hbond substituents is 1. The van der Waals surface area contributed by atoms with Crippen LogP contribution in [0.2, 0.25) is 0 Å². The second-order valence-electron chi connectivity index (χ2n) is 8.64. The van der Waals surface area contributed by atoms with Gasteiger partial charge in [0, 0.05) is 18.0 Å². The van der Waals surface area contributed by atoms with Crippen molar-refractivity contribution in [2.24, 2.45) is 5.92 Å². The minimum Gasteiger partial charge on any atom is -0.508 e. The zero-order valence-corrected chi connectivity index (χ0v) is 17.7. The van der Waals surface area contributed by atoms with Crippen LogP contribution in [0.4, 0.5) is 0 Å². The molecule has 1 saturated carbocycles. The van der Waals surface area contributed by atoms with Gasteiger partial charge in [-0.2, -0.15) is 0 Å². The molecule has 2 aliphatic carbocycles. The maximum Gasteiger partial charge on any atom is 0.115 e. The van der Waals surface area contributed by atoms with Gasteiger partial charge in [0.05, 0.1) is 0 Å². The quantitative estimate of drug-likeness (QED) is 0.720. The lowest BCUT2D eigenvalue weighted by atomic mass is 9.52. The van der Waals surface area contributed by atoms with Gasteiger partial charge in [0.25, 0.3) is 0 Å². The molecule has 27 heavy (non-hydrogen) atoms. The average molecular weight is 428 g/mol. The summed E-state index contributed by atoms with van der Waals surface area (Å²) in [6.45, 7) is 2.39. The number of benzene rings is 2. The van der Waals surface area contributed by atoms with E-state index in [0.717, 1.165) is 18.8 Å². The van der Waals surface area contributed by atoms with Gasteiger partial charge in [-0.05, 0) is 73.4 Å². The first kappa shape index (κ1) is 19.0. The zero-order valence-electron chi connectivity index (χ0n) is 15.9. The van der Waals surface area contributed by atoms with Crippen LogP contribution in [-0.4, -0.2) is 29.1 Å². The highest BCUT2D eigenvalue weighted by Crippen LogP contribution is 2.56. The average Bonchev–Trinajstić information content (AvgIpc) is 2.69. The first-order chi connectivity index (χ1) is 12.8. The molecule has 0 radical (unpaired) electrons. The summed E-state index contributed by atoms with van der Waals surface area (Å²) in [6.07, 6.45) is 8.99. The molecule has 1 aliphatic heterocycles. The normalized spacial score (nSPS) is 29.3. The number of piperidine rings is 1. The lowest BCUT2D eigenvalue weighted by Gasteiger charge is -2.59. The van der Waals surface area contributed by atoms with Gasteiger partial charge in [-0.25, -0.2) is 0 Å². The number of phenols is 1. The molecular formula is C24H30BrNO. The Morgan fingerprint density at radius 3 is 2.74 bits per heavy atom. The maximum absolute atomic E-state index is 10.1. The van der Waals surface area contributed by atoms with Crippen molar-refractivity contribution in [2.75, 3.05) is 13.1 Å². The number of rotatable bonds is 3. The molecule has 0 spiro atoms. The van der Waals surface area contributed by atoms with Crippen molar-refractivity contribution < 1.29 is 5.11 Å². The van der Waals surface area contributed by atoms with E-state index in [9.17, 15) is 5.11 Å². The van der Waals surface area contributed by atoms with E-state index in [1.54, 1.807) is 0 Å². The predicted molar refractivity (Wildman–Crippen MR) is 116 cm³/mol. The van der Waals surface area contributed by atoms with Gasteiger partial charge >= 0.3 is 0 Å². The largest absolute Gasteiger partial charge is 0.508 e. The van der Waals surface area contributed by atoms with E-state index in [1.807, 2.05) is 6.07 Å². The third-order valence-electron chi connectivity index (χ3n) is 7.47. The van der Waals surface area contributed by atoms with E-state index in [0.29, 0.717) is 17.2 Å². The van der Waals surface area contributed by atoms with Crippen molar-refractivity contribution in [3.63, 3.8) is 0 Å². The topological polar surface area (TPSA) is 23.5 Å². The number of nitrogens with zero attached hydrogens (tertiary/aromatic N) is 1. The van der Waals surface area contributed by atoms with E-state index in [1.165, 1.54) is 61.9 Å². The van der Waals surface area contributed by atoms with Crippen molar-refractivity contribution in [1.29, 1.82) is 0 Å². The number of fused-ring (bicyclic) bond motifs is 1. The fourth-order valence-corrected chi connectivity index (χ4v) is 6.27. The Bertz CT molecular complexity index is 792. The molecule has 3 aliphatic rings. The molecule has 1 N–H and O–H groups in total. The highest BCUT2D eigenvalue weighted by Gasteiger charge is 2.53. The molecule has 1 heterocycles. The third-order valence-corrected chi connectivity index (χ3v) is 7.47. The summed E-state index contributed by atoms with van der Waals surface area (Å²) in [7, 11) is 0. The second-order valence-corrected chi connectivity index (χ2v) is 8.64. The van der Waals surface area contributed by atoms with E-state index in [-0.39, 0.29) is 17.0 Å². The van der Waals surface area contributed by atoms with Crippen LogP contribution < -0.4 is 0 Å². The molecule has 0 amide bonds. The summed E-state index contributed by atoms with van der Waals surface area (Å²) in [4.78, 5) is 2.79. The molecule has 5 rings (SSSR count). The van der Waals surface area contributed by atoms with Crippen LogP contribution in [0.15, 0.2) is 48.5 Å². The lowest BCUT2D eigenvalue weighted by Crippen LogP contribution is -2.61. The van der Waals surface area contributed by atoms with Crippen LogP contribution in [0, 0.1) is 5.92 Å². The van der Waals surface area contributed by atoms with Crippen LogP contribution in [0.5, 0.6) is 5.75 Å². The van der Waals surface area contributed by atoms with Crippen LogP contribution in [-0.2, 0) is 18.3 Å². The number of likely N-dealkylation sites (tertiary alicyclic amines) is 1. The molecule has 2 nitrogen and oxygen atoms in total. The highest BCUT2D eigenvalue weighted by molar-refractivity contribution is 8.93. The van der Waals surface area contributed by atoms with Crippen LogP contribution in [0.1, 0.15) is 48.8 Å². The first-order valence-corrected chi connectivity index (χ1v) is 10.4. The Hall–Kier alpha value is -1.32. The van der Waals surface area contributed by atoms with Crippen molar-refractivity contribution in [3.05, 3.63) is 65.2 Å². The summed E-state index contributed by atoms with van der Waals surface area (Å²) in [5.41, 5.74) is 4.77. The minimum absolute atomic E-state index is 0. The minimum atomic E-state index is 0. The Kier molecular flexibility index (Phi) is 5.35. The van der Waals surface area contributed by atoms with Gasteiger partial charge in [0.1, 0.15) is 5.75 Å². The van der Waals surface area contributed by atoms with Gasteiger partial charge in [-0.1, -0.05) is 49.2 Å². The van der Waals surface area contributed by atoms with E-state index < -0.39 is 0 Å². The number of hydrogen-bond acceptors (Lipinski definition) is 2. The molecular weight excluding hydrogens is 398 g/mol. The molecule has 2 fully saturated rings. The van der Waals surface area contributed by atoms with Crippen molar-refractivity contribution in [3.8, 4) is 5.75 Å². The summed E-state index contributed by atoms with van der Waals surface area (Å²) >= 11 is 0. The molecule has 2 aromatic carbocycles. The summed E-state index contributed by atoms with van der Waals surface area (Å²) in [5, 5.41) is 10.1. The molecule has 144 valence electrons. The Morgan fingerprint density at radius 2 is 1.89 bits per heavy atom. The third kappa shape index (κ3) is 3.23. The number of hydrogen-bond donors (Lipinski definition) is 1. The van der Waals surface area contributed by atoms with Crippen LogP contribution in [0.3, 0.4) is 0 Å². The summed E-state index contributed by atoms with van der Waals surface area (Å²) in [6, 6.07) is 17.8. The molecule has 2 aromatic rings. The van der Waals surface area contributed by atoms with Crippen molar-refractivity contribution >= 4 is 17.0 Å². The second kappa shape index (κ2) is 7.60. The Morgan fingerprint density at radius 1 is 1.04 bits per heavy atom. The monoisotopic (exact) mass is 427 g/mol. The molecule has 0 unspecified atom stereocenters. The summed E-state index contributed by atoms with van der Waals surface area (Å²) < 4.78 is 0. The molecule has 3 atom stereocenters. The summed E-state index contributed by atoms with van der Waals surface area (Å²) in [5.74, 6) is 1.22. The van der Waals surface area contributed by atoms with E-state index >= 15 is 0 Å². The van der Waals surface area contributed by atoms with Gasteiger partial charge < -0.3 is 5.11 Å². The molecule has 1 saturated heterocycles. The fourth-order valence-electron chi connectivity index (χ4n) is 6.27. The standard InChI is InChI=1S/C24H29NO.BrH/c26-20-10-9-19-16-23-21-8-4-5-12-24(21,22(19)17-20)13-15-25(23)14-11-18-6-2-1-3-7-18;/h1-3,6-7,9-10,17,21,23,26H,4-5,8,11-16H2;1H/t21-,23+,24+;/m1./s1. The van der Waals surface area contributed by atoms with E-state index in [2.05, 4.69) is 47.4 Å². The van der Waals surface area contributed by atoms with Crippen molar-refractivity contribution in [1.82, 2.24) is 4.90 Å². The highest BCUT2D eigenvalue weighted by atomic mass is 79.9. The number of halogens is 1. The molecule has 2 bridgehead atoms. The van der Waals surface area contributed by atoms with Gasteiger partial charge in [-0.15, -0.1) is 17.0 Å².